The second-order valence-electron chi connectivity index (χ2n) is 4.86. The highest BCUT2D eigenvalue weighted by Crippen LogP contribution is 3.02. The predicted molar refractivity (Wildman–Crippen MR) is 74.8 cm³/mol. The second kappa shape index (κ2) is 6.02. The van der Waals surface area contributed by atoms with Gasteiger partial charge in [0.2, 0.25) is 0 Å². The Morgan fingerprint density at radius 2 is 1.48 bits per heavy atom. The minimum Gasteiger partial charge on any atom is -0.211 e. The summed E-state index contributed by atoms with van der Waals surface area (Å²) in [5.41, 5.74) is 0. The SMILES string of the molecule is CCCCC(Cl)CS(F)(F)(F)(F)C(=C(C)F)C(F)=C(C)F. The summed E-state index contributed by atoms with van der Waals surface area (Å²) in [7, 11) is -9.37. The van der Waals surface area contributed by atoms with Crippen LogP contribution in [0.15, 0.2) is 22.4 Å². The van der Waals surface area contributed by atoms with E-state index in [9.17, 15) is 28.7 Å². The summed E-state index contributed by atoms with van der Waals surface area (Å²) < 4.78 is 95.1. The molecule has 0 spiro atoms. The second-order valence-corrected chi connectivity index (χ2v) is 8.69. The van der Waals surface area contributed by atoms with Gasteiger partial charge in [-0.15, -0.1) is 27.1 Å². The predicted octanol–water partition coefficient (Wildman–Crippen LogP) is 7.57. The van der Waals surface area contributed by atoms with Gasteiger partial charge in [0.05, 0.1) is 5.75 Å². The number of hydrogen-bond acceptors (Lipinski definition) is 0. The molecule has 0 saturated carbocycles. The van der Waals surface area contributed by atoms with Crippen molar-refractivity contribution >= 4 is 21.4 Å². The van der Waals surface area contributed by atoms with E-state index in [1.807, 2.05) is 0 Å². The fourth-order valence-electron chi connectivity index (χ4n) is 1.77. The van der Waals surface area contributed by atoms with Crippen LogP contribution in [0.1, 0.15) is 40.0 Å². The average molecular weight is 363 g/mol. The molecule has 0 aromatic rings. The Morgan fingerprint density at radius 1 is 1.00 bits per heavy atom. The van der Waals surface area contributed by atoms with E-state index in [0.717, 1.165) is 0 Å². The minimum atomic E-state index is -9.37. The molecule has 0 radical (unpaired) electrons. The molecular formula is C12H18ClF7S. The third-order valence-electron chi connectivity index (χ3n) is 2.65. The molecule has 0 rings (SSSR count). The fraction of sp³-hybridized carbons (Fsp3) is 0.667. The van der Waals surface area contributed by atoms with E-state index < -0.39 is 43.4 Å². The molecule has 0 aliphatic rings. The van der Waals surface area contributed by atoms with Gasteiger partial charge >= 0.3 is 0 Å². The summed E-state index contributed by atoms with van der Waals surface area (Å²) in [5, 5.41) is -1.68. The molecule has 1 atom stereocenters. The summed E-state index contributed by atoms with van der Waals surface area (Å²) in [6.45, 7) is 2.27. The summed E-state index contributed by atoms with van der Waals surface area (Å²) in [4.78, 5) is -2.79. The van der Waals surface area contributed by atoms with E-state index in [1.165, 1.54) is 0 Å². The van der Waals surface area contributed by atoms with Gasteiger partial charge in [-0.1, -0.05) is 19.8 Å². The monoisotopic (exact) mass is 362 g/mol. The Bertz CT molecular complexity index is 454. The first kappa shape index (κ1) is 20.6. The molecule has 0 bridgehead atoms. The standard InChI is InChI=1S/C12H18ClF7S/c1-4-5-6-10(13)7-21(17,18,19,20)12(9(3)15)11(16)8(2)14/h10H,4-7H2,1-3H3. The van der Waals surface area contributed by atoms with Gasteiger partial charge in [-0.2, -0.15) is 0 Å². The van der Waals surface area contributed by atoms with Gasteiger partial charge in [-0.05, 0) is 20.3 Å². The van der Waals surface area contributed by atoms with Crippen LogP contribution in [0.2, 0.25) is 0 Å². The average Bonchev–Trinajstić information content (AvgIpc) is 2.22. The van der Waals surface area contributed by atoms with Crippen molar-refractivity contribution in [1.82, 2.24) is 0 Å². The smallest absolute Gasteiger partial charge is 0.193 e. The Balaban J connectivity index is 5.93. The number of rotatable bonds is 7. The van der Waals surface area contributed by atoms with Crippen molar-refractivity contribution in [3.63, 3.8) is 0 Å². The number of allylic oxidation sites excluding steroid dienone is 3. The molecule has 0 fully saturated rings. The molecule has 21 heavy (non-hydrogen) atoms. The van der Waals surface area contributed by atoms with Gasteiger partial charge in [0.25, 0.3) is 0 Å². The van der Waals surface area contributed by atoms with E-state index in [4.69, 9.17) is 11.6 Å². The third kappa shape index (κ3) is 5.73. The Morgan fingerprint density at radius 3 is 1.81 bits per heavy atom. The van der Waals surface area contributed by atoms with Crippen LogP contribution >= 0.6 is 21.4 Å². The van der Waals surface area contributed by atoms with Crippen LogP contribution in [0.25, 0.3) is 0 Å². The first-order chi connectivity index (χ1) is 9.15. The topological polar surface area (TPSA) is 0 Å². The van der Waals surface area contributed by atoms with Crippen LogP contribution in [0.4, 0.5) is 28.7 Å². The van der Waals surface area contributed by atoms with Crippen LogP contribution in [0, 0.1) is 0 Å². The van der Waals surface area contributed by atoms with E-state index in [1.54, 1.807) is 6.92 Å². The van der Waals surface area contributed by atoms with Gasteiger partial charge in [0.1, 0.15) is 16.6 Å². The van der Waals surface area contributed by atoms with Gasteiger partial charge in [0, 0.05) is 5.38 Å². The number of hydrogen-bond donors (Lipinski definition) is 0. The molecule has 0 aliphatic heterocycles. The van der Waals surface area contributed by atoms with E-state index >= 15 is 0 Å². The zero-order valence-corrected chi connectivity index (χ0v) is 13.4. The van der Waals surface area contributed by atoms with Gasteiger partial charge < -0.3 is 0 Å². The Labute approximate surface area is 124 Å². The van der Waals surface area contributed by atoms with Crippen LogP contribution in [-0.2, 0) is 0 Å². The lowest BCUT2D eigenvalue weighted by Crippen LogP contribution is -2.28. The third-order valence-corrected chi connectivity index (χ3v) is 5.65. The quantitative estimate of drug-likeness (QED) is 0.249. The maximum absolute atomic E-state index is 14.0. The van der Waals surface area contributed by atoms with Crippen molar-refractivity contribution in [1.29, 1.82) is 0 Å². The van der Waals surface area contributed by atoms with Crippen LogP contribution in [0.5, 0.6) is 0 Å². The van der Waals surface area contributed by atoms with Crippen molar-refractivity contribution in [2.75, 3.05) is 5.75 Å². The van der Waals surface area contributed by atoms with E-state index in [0.29, 0.717) is 19.8 Å². The molecule has 0 nitrogen and oxygen atoms in total. The lowest BCUT2D eigenvalue weighted by molar-refractivity contribution is 0.440. The number of halogens is 8. The summed E-state index contributed by atoms with van der Waals surface area (Å²) in [6.07, 6.45) is 0.661. The lowest BCUT2D eigenvalue weighted by atomic mass is 10.2. The zero-order valence-electron chi connectivity index (χ0n) is 11.8. The lowest BCUT2D eigenvalue weighted by Gasteiger charge is -2.51. The van der Waals surface area contributed by atoms with Crippen molar-refractivity contribution in [3.8, 4) is 0 Å². The maximum Gasteiger partial charge on any atom is 0.193 e. The molecule has 128 valence electrons. The number of unbranched alkanes of at least 4 members (excludes halogenated alkanes) is 1. The van der Waals surface area contributed by atoms with Gasteiger partial charge in [0.15, 0.2) is 15.7 Å². The minimum absolute atomic E-state index is 0.168. The van der Waals surface area contributed by atoms with Gasteiger partial charge in [-0.3, -0.25) is 0 Å². The fourth-order valence-corrected chi connectivity index (χ4v) is 4.91. The molecule has 0 heterocycles. The van der Waals surface area contributed by atoms with Crippen molar-refractivity contribution < 1.29 is 28.7 Å². The van der Waals surface area contributed by atoms with E-state index in [2.05, 4.69) is 0 Å². The summed E-state index contributed by atoms with van der Waals surface area (Å²) in [6, 6.07) is 0. The van der Waals surface area contributed by atoms with Crippen LogP contribution in [0.3, 0.4) is 0 Å². The summed E-state index contributed by atoms with van der Waals surface area (Å²) >= 11 is 5.45. The first-order valence-electron chi connectivity index (χ1n) is 6.17. The largest absolute Gasteiger partial charge is 0.211 e. The number of alkyl halides is 1. The summed E-state index contributed by atoms with van der Waals surface area (Å²) in [5.74, 6) is -8.90. The molecule has 0 N–H and O–H groups in total. The molecule has 0 saturated heterocycles. The molecule has 0 amide bonds. The van der Waals surface area contributed by atoms with Crippen LogP contribution < -0.4 is 0 Å². The maximum atomic E-state index is 14.0. The molecule has 0 aromatic carbocycles. The molecule has 1 unspecified atom stereocenters. The van der Waals surface area contributed by atoms with Crippen molar-refractivity contribution in [2.24, 2.45) is 0 Å². The normalized spacial score (nSPS) is 20.1. The zero-order chi connectivity index (χ0) is 17.1. The van der Waals surface area contributed by atoms with Crippen LogP contribution in [-0.4, -0.2) is 11.1 Å². The molecule has 0 aromatic heterocycles. The van der Waals surface area contributed by atoms with Gasteiger partial charge in [-0.25, -0.2) is 13.2 Å². The van der Waals surface area contributed by atoms with E-state index in [-0.39, 0.29) is 13.3 Å². The highest BCUT2D eigenvalue weighted by Gasteiger charge is 2.69. The highest BCUT2D eigenvalue weighted by atomic mass is 35.5. The first-order valence-corrected chi connectivity index (χ1v) is 8.83. The molecule has 9 heteroatoms. The Kier molecular flexibility index (Phi) is 5.92. The Hall–Kier alpha value is -0.370. The highest BCUT2D eigenvalue weighted by molar-refractivity contribution is 8.52. The van der Waals surface area contributed by atoms with Crippen molar-refractivity contribution in [2.45, 2.75) is 45.4 Å². The molecule has 0 aliphatic carbocycles. The molecular weight excluding hydrogens is 345 g/mol. The van der Waals surface area contributed by atoms with Crippen molar-refractivity contribution in [3.05, 3.63) is 22.4 Å².